The number of carbonyl (C=O) groups excluding carboxylic acids is 1. The number of fused-ring (bicyclic) bond motifs is 1. The lowest BCUT2D eigenvalue weighted by molar-refractivity contribution is -0.126. The predicted octanol–water partition coefficient (Wildman–Crippen LogP) is 3.39. The van der Waals surface area contributed by atoms with Gasteiger partial charge in [-0.05, 0) is 61.7 Å². The Morgan fingerprint density at radius 1 is 1.16 bits per heavy atom. The van der Waals surface area contributed by atoms with Crippen LogP contribution in [0.1, 0.15) is 25.3 Å². The fraction of sp³-hybridized carbons (Fsp3) is 0.375. The number of methoxy groups -OCH3 is 1. The highest BCUT2D eigenvalue weighted by molar-refractivity contribution is 7.89. The first kappa shape index (κ1) is 22.4. The lowest BCUT2D eigenvalue weighted by Crippen LogP contribution is -2.45. The van der Waals surface area contributed by atoms with Crippen molar-refractivity contribution in [2.24, 2.45) is 5.92 Å². The van der Waals surface area contributed by atoms with E-state index in [-0.39, 0.29) is 23.3 Å². The molecule has 1 aliphatic heterocycles. The van der Waals surface area contributed by atoms with Crippen molar-refractivity contribution >= 4 is 26.8 Å². The first-order valence-corrected chi connectivity index (χ1v) is 12.4. The van der Waals surface area contributed by atoms with Crippen molar-refractivity contribution in [1.82, 2.24) is 14.2 Å². The highest BCUT2D eigenvalue weighted by Crippen LogP contribution is 2.27. The number of carbonyl (C=O) groups is 1. The number of nitrogens with zero attached hydrogens (tertiary/aromatic N) is 2. The molecule has 4 rings (SSSR count). The summed E-state index contributed by atoms with van der Waals surface area (Å²) in [7, 11) is -2.05. The Labute approximate surface area is 189 Å². The van der Waals surface area contributed by atoms with Gasteiger partial charge >= 0.3 is 0 Å². The number of benzene rings is 2. The molecular formula is C24H29N3O4S. The van der Waals surface area contributed by atoms with Crippen molar-refractivity contribution in [1.29, 1.82) is 0 Å². The second kappa shape index (κ2) is 9.34. The van der Waals surface area contributed by atoms with Crippen LogP contribution >= 0.6 is 0 Å². The van der Waals surface area contributed by atoms with E-state index in [1.807, 2.05) is 42.6 Å². The predicted molar refractivity (Wildman–Crippen MR) is 124 cm³/mol. The summed E-state index contributed by atoms with van der Waals surface area (Å²) in [5.74, 6) is 0.288. The van der Waals surface area contributed by atoms with Crippen LogP contribution in [0.3, 0.4) is 0 Å². The SMILES string of the molecule is CCn1ccc2cc(S(=O)(=O)N3CCC[C@@H](C(=O)NCc4ccc(OC)cc4)C3)ccc21. The third-order valence-electron chi connectivity index (χ3n) is 6.10. The molecule has 0 bridgehead atoms. The van der Waals surface area contributed by atoms with Gasteiger partial charge in [0.25, 0.3) is 0 Å². The monoisotopic (exact) mass is 455 g/mol. The first-order valence-electron chi connectivity index (χ1n) is 10.9. The lowest BCUT2D eigenvalue weighted by Gasteiger charge is -2.31. The molecule has 1 N–H and O–H groups in total. The van der Waals surface area contributed by atoms with Crippen molar-refractivity contribution in [2.75, 3.05) is 20.2 Å². The number of hydrogen-bond acceptors (Lipinski definition) is 4. The topological polar surface area (TPSA) is 80.6 Å². The second-order valence-electron chi connectivity index (χ2n) is 8.09. The maximum Gasteiger partial charge on any atom is 0.243 e. The standard InChI is InChI=1S/C24H29N3O4S/c1-3-26-14-12-19-15-22(10-11-23(19)26)32(29,30)27-13-4-5-20(17-27)24(28)25-16-18-6-8-21(31-2)9-7-18/h6-12,14-15,20H,3-5,13,16-17H2,1-2H3,(H,25,28)/t20-/m1/s1. The number of rotatable bonds is 7. The van der Waals surface area contributed by atoms with E-state index >= 15 is 0 Å². The molecule has 1 aromatic heterocycles. The third kappa shape index (κ3) is 4.52. The maximum absolute atomic E-state index is 13.3. The number of aromatic nitrogens is 1. The summed E-state index contributed by atoms with van der Waals surface area (Å²) < 4.78 is 35.3. The van der Waals surface area contributed by atoms with Gasteiger partial charge in [0.1, 0.15) is 5.75 Å². The molecule has 3 aromatic rings. The van der Waals surface area contributed by atoms with E-state index in [1.54, 1.807) is 19.2 Å². The molecule has 32 heavy (non-hydrogen) atoms. The highest BCUT2D eigenvalue weighted by Gasteiger charge is 2.33. The highest BCUT2D eigenvalue weighted by atomic mass is 32.2. The molecular weight excluding hydrogens is 426 g/mol. The van der Waals surface area contributed by atoms with Gasteiger partial charge in [-0.1, -0.05) is 12.1 Å². The normalized spacial score (nSPS) is 17.4. The average molecular weight is 456 g/mol. The minimum Gasteiger partial charge on any atom is -0.497 e. The Morgan fingerprint density at radius 2 is 1.94 bits per heavy atom. The molecule has 8 heteroatoms. The van der Waals surface area contributed by atoms with Gasteiger partial charge in [-0.25, -0.2) is 8.42 Å². The van der Waals surface area contributed by atoms with Gasteiger partial charge in [-0.3, -0.25) is 4.79 Å². The molecule has 0 radical (unpaired) electrons. The van der Waals surface area contributed by atoms with Gasteiger partial charge in [0, 0.05) is 43.3 Å². The number of sulfonamides is 1. The Morgan fingerprint density at radius 3 is 2.66 bits per heavy atom. The third-order valence-corrected chi connectivity index (χ3v) is 7.96. The summed E-state index contributed by atoms with van der Waals surface area (Å²) in [6, 6.07) is 14.7. The summed E-state index contributed by atoms with van der Waals surface area (Å²) in [4.78, 5) is 13.0. The van der Waals surface area contributed by atoms with E-state index in [2.05, 4.69) is 16.8 Å². The number of amides is 1. The van der Waals surface area contributed by atoms with E-state index < -0.39 is 10.0 Å². The molecule has 7 nitrogen and oxygen atoms in total. The minimum absolute atomic E-state index is 0.115. The van der Waals surface area contributed by atoms with Crippen molar-refractivity contribution in [2.45, 2.75) is 37.8 Å². The fourth-order valence-electron chi connectivity index (χ4n) is 4.22. The van der Waals surface area contributed by atoms with Crippen molar-refractivity contribution in [3.8, 4) is 5.75 Å². The molecule has 1 aliphatic rings. The fourth-order valence-corrected chi connectivity index (χ4v) is 5.77. The number of hydrogen-bond donors (Lipinski definition) is 1. The second-order valence-corrected chi connectivity index (χ2v) is 10.0. The van der Waals surface area contributed by atoms with Crippen LogP contribution < -0.4 is 10.1 Å². The summed E-state index contributed by atoms with van der Waals surface area (Å²) in [6.07, 6.45) is 3.30. The molecule has 2 aromatic carbocycles. The number of aryl methyl sites for hydroxylation is 1. The van der Waals surface area contributed by atoms with Gasteiger partial charge in [-0.2, -0.15) is 4.31 Å². The van der Waals surface area contributed by atoms with Crippen LogP contribution in [-0.4, -0.2) is 43.4 Å². The van der Waals surface area contributed by atoms with Crippen LogP contribution in [0.25, 0.3) is 10.9 Å². The zero-order chi connectivity index (χ0) is 22.7. The van der Waals surface area contributed by atoms with Crippen LogP contribution in [0.4, 0.5) is 0 Å². The Kier molecular flexibility index (Phi) is 6.53. The first-order chi connectivity index (χ1) is 15.4. The number of ether oxygens (including phenoxy) is 1. The Balaban J connectivity index is 1.43. The molecule has 0 aliphatic carbocycles. The molecule has 1 amide bonds. The van der Waals surface area contributed by atoms with Gasteiger partial charge in [0.2, 0.25) is 15.9 Å². The van der Waals surface area contributed by atoms with Crippen LogP contribution in [0.5, 0.6) is 5.75 Å². The summed E-state index contributed by atoms with van der Waals surface area (Å²) >= 11 is 0. The lowest BCUT2D eigenvalue weighted by atomic mass is 9.99. The van der Waals surface area contributed by atoms with E-state index in [0.717, 1.165) is 28.8 Å². The van der Waals surface area contributed by atoms with Crippen molar-refractivity contribution in [3.05, 3.63) is 60.3 Å². The summed E-state index contributed by atoms with van der Waals surface area (Å²) in [6.45, 7) is 3.91. The van der Waals surface area contributed by atoms with Gasteiger partial charge < -0.3 is 14.6 Å². The maximum atomic E-state index is 13.3. The molecule has 1 saturated heterocycles. The van der Waals surface area contributed by atoms with Crippen LogP contribution in [0, 0.1) is 5.92 Å². The van der Waals surface area contributed by atoms with E-state index in [9.17, 15) is 13.2 Å². The van der Waals surface area contributed by atoms with Crippen molar-refractivity contribution in [3.63, 3.8) is 0 Å². The van der Waals surface area contributed by atoms with E-state index in [0.29, 0.717) is 25.9 Å². The molecule has 0 spiro atoms. The number of nitrogens with one attached hydrogen (secondary N) is 1. The quantitative estimate of drug-likeness (QED) is 0.592. The van der Waals surface area contributed by atoms with Crippen molar-refractivity contribution < 1.29 is 17.9 Å². The van der Waals surface area contributed by atoms with Gasteiger partial charge in [0.05, 0.1) is 17.9 Å². The molecule has 0 saturated carbocycles. The average Bonchev–Trinajstić information content (AvgIpc) is 3.25. The van der Waals surface area contributed by atoms with Gasteiger partial charge in [-0.15, -0.1) is 0 Å². The number of piperidine rings is 1. The largest absolute Gasteiger partial charge is 0.497 e. The molecule has 170 valence electrons. The van der Waals surface area contributed by atoms with Crippen LogP contribution in [0.15, 0.2) is 59.6 Å². The molecule has 0 unspecified atom stereocenters. The minimum atomic E-state index is -3.66. The zero-order valence-corrected chi connectivity index (χ0v) is 19.3. The molecule has 1 atom stereocenters. The zero-order valence-electron chi connectivity index (χ0n) is 18.5. The smallest absolute Gasteiger partial charge is 0.243 e. The van der Waals surface area contributed by atoms with Crippen LogP contribution in [-0.2, 0) is 27.9 Å². The summed E-state index contributed by atoms with van der Waals surface area (Å²) in [5, 5.41) is 3.85. The molecule has 2 heterocycles. The summed E-state index contributed by atoms with van der Waals surface area (Å²) in [5.41, 5.74) is 1.98. The Bertz CT molecular complexity index is 1200. The molecule has 1 fully saturated rings. The van der Waals surface area contributed by atoms with Crippen LogP contribution in [0.2, 0.25) is 0 Å². The van der Waals surface area contributed by atoms with E-state index in [4.69, 9.17) is 4.74 Å². The Hall–Kier alpha value is -2.84. The van der Waals surface area contributed by atoms with E-state index in [1.165, 1.54) is 4.31 Å². The van der Waals surface area contributed by atoms with Gasteiger partial charge in [0.15, 0.2) is 0 Å².